The molecule has 0 aliphatic carbocycles. The number of carbonyl (C=O) groups is 1. The Labute approximate surface area is 82.1 Å². The first-order valence-electron chi connectivity index (χ1n) is 4.52. The molecule has 6 nitrogen and oxygen atoms in total. The summed E-state index contributed by atoms with van der Waals surface area (Å²) in [5, 5.41) is 8.82. The van der Waals surface area contributed by atoms with E-state index in [1.165, 1.54) is 7.11 Å². The molecule has 0 unspecified atom stereocenters. The van der Waals surface area contributed by atoms with Gasteiger partial charge in [-0.15, -0.1) is 5.10 Å². The fourth-order valence-electron chi connectivity index (χ4n) is 0.925. The summed E-state index contributed by atoms with van der Waals surface area (Å²) in [5.41, 5.74) is 0. The summed E-state index contributed by atoms with van der Waals surface area (Å²) in [6, 6.07) is 0.218. The van der Waals surface area contributed by atoms with Crippen LogP contribution in [0.4, 0.5) is 5.95 Å². The number of ether oxygens (including phenoxy) is 1. The van der Waals surface area contributed by atoms with Crippen molar-refractivity contribution in [3.8, 4) is 6.01 Å². The summed E-state index contributed by atoms with van der Waals surface area (Å²) in [7, 11) is 1.46. The van der Waals surface area contributed by atoms with Crippen LogP contribution in [-0.2, 0) is 4.79 Å². The van der Waals surface area contributed by atoms with E-state index in [0.29, 0.717) is 12.4 Å². The number of H-pyrrole nitrogens is 1. The van der Waals surface area contributed by atoms with E-state index >= 15 is 0 Å². The number of methoxy groups -OCH3 is 1. The zero-order chi connectivity index (χ0) is 10.4. The molecule has 1 heterocycles. The molecule has 0 spiro atoms. The Kier molecular flexibility index (Phi) is 3.90. The first-order chi connectivity index (χ1) is 6.76. The molecular weight excluding hydrogens is 184 g/mol. The van der Waals surface area contributed by atoms with E-state index in [1.807, 2.05) is 6.92 Å². The van der Waals surface area contributed by atoms with Crippen LogP contribution in [0.2, 0.25) is 0 Å². The zero-order valence-electron chi connectivity index (χ0n) is 8.33. The smallest absolute Gasteiger partial charge is 0.336 e. The van der Waals surface area contributed by atoms with Crippen molar-refractivity contribution in [3.63, 3.8) is 0 Å². The third kappa shape index (κ3) is 3.04. The van der Waals surface area contributed by atoms with Gasteiger partial charge in [-0.25, -0.2) is 5.10 Å². The Balaban J connectivity index is 2.39. The molecule has 0 aromatic carbocycles. The molecule has 1 rings (SSSR count). The molecule has 0 radical (unpaired) electrons. The maximum Gasteiger partial charge on any atom is 0.336 e. The van der Waals surface area contributed by atoms with Crippen molar-refractivity contribution in [2.24, 2.45) is 0 Å². The number of amides is 1. The predicted molar refractivity (Wildman–Crippen MR) is 51.1 cm³/mol. The van der Waals surface area contributed by atoms with Crippen LogP contribution < -0.4 is 10.1 Å². The third-order valence-corrected chi connectivity index (χ3v) is 1.66. The molecule has 6 heteroatoms. The molecule has 14 heavy (non-hydrogen) atoms. The number of aromatic nitrogens is 3. The van der Waals surface area contributed by atoms with Crippen LogP contribution >= 0.6 is 0 Å². The molecule has 2 N–H and O–H groups in total. The van der Waals surface area contributed by atoms with Gasteiger partial charge in [-0.3, -0.25) is 10.1 Å². The van der Waals surface area contributed by atoms with Crippen molar-refractivity contribution in [1.82, 2.24) is 15.2 Å². The van der Waals surface area contributed by atoms with Crippen LogP contribution in [0, 0.1) is 0 Å². The van der Waals surface area contributed by atoms with E-state index in [4.69, 9.17) is 4.74 Å². The van der Waals surface area contributed by atoms with Gasteiger partial charge in [0.25, 0.3) is 0 Å². The van der Waals surface area contributed by atoms with Gasteiger partial charge in [0, 0.05) is 6.42 Å². The number of carbonyl (C=O) groups excluding carboxylic acids is 1. The molecule has 0 saturated carbocycles. The molecule has 0 fully saturated rings. The summed E-state index contributed by atoms with van der Waals surface area (Å²) in [6.45, 7) is 2.03. The van der Waals surface area contributed by atoms with Crippen molar-refractivity contribution < 1.29 is 9.53 Å². The van der Waals surface area contributed by atoms with Gasteiger partial charge < -0.3 is 4.74 Å². The molecule has 0 saturated heterocycles. The second-order valence-corrected chi connectivity index (χ2v) is 2.82. The Morgan fingerprint density at radius 1 is 1.64 bits per heavy atom. The van der Waals surface area contributed by atoms with Crippen LogP contribution in [0.5, 0.6) is 6.01 Å². The highest BCUT2D eigenvalue weighted by Gasteiger charge is 2.06. The van der Waals surface area contributed by atoms with Gasteiger partial charge >= 0.3 is 6.01 Å². The quantitative estimate of drug-likeness (QED) is 0.738. The average molecular weight is 198 g/mol. The Morgan fingerprint density at radius 3 is 3.00 bits per heavy atom. The average Bonchev–Trinajstić information content (AvgIpc) is 2.62. The van der Waals surface area contributed by atoms with E-state index in [0.717, 1.165) is 12.8 Å². The Hall–Kier alpha value is -1.59. The molecule has 0 aliphatic heterocycles. The normalized spacial score (nSPS) is 9.86. The van der Waals surface area contributed by atoms with Crippen molar-refractivity contribution in [3.05, 3.63) is 0 Å². The molecule has 0 atom stereocenters. The summed E-state index contributed by atoms with van der Waals surface area (Å²) in [6.07, 6.45) is 2.36. The van der Waals surface area contributed by atoms with E-state index in [-0.39, 0.29) is 11.9 Å². The summed E-state index contributed by atoms with van der Waals surface area (Å²) in [5.74, 6) is 0.258. The number of rotatable bonds is 5. The fourth-order valence-corrected chi connectivity index (χ4v) is 0.925. The minimum Gasteiger partial charge on any atom is -0.466 e. The van der Waals surface area contributed by atoms with Crippen molar-refractivity contribution in [2.45, 2.75) is 26.2 Å². The van der Waals surface area contributed by atoms with Gasteiger partial charge in [-0.2, -0.15) is 4.98 Å². The SMILES string of the molecule is CCCCC(=O)Nc1nc(OC)n[nH]1. The summed E-state index contributed by atoms with van der Waals surface area (Å²) in [4.78, 5) is 15.1. The van der Waals surface area contributed by atoms with Gasteiger partial charge in [0.15, 0.2) is 0 Å². The zero-order valence-corrected chi connectivity index (χ0v) is 8.33. The highest BCUT2D eigenvalue weighted by atomic mass is 16.5. The standard InChI is InChI=1S/C8H14N4O2/c1-3-4-5-6(13)9-7-10-8(14-2)12-11-7/h3-5H2,1-2H3,(H2,9,10,11,12,13). The largest absolute Gasteiger partial charge is 0.466 e. The van der Waals surface area contributed by atoms with Gasteiger partial charge in [-0.05, 0) is 6.42 Å². The van der Waals surface area contributed by atoms with Crippen LogP contribution in [0.1, 0.15) is 26.2 Å². The lowest BCUT2D eigenvalue weighted by Gasteiger charge is -1.98. The number of aromatic amines is 1. The lowest BCUT2D eigenvalue weighted by Crippen LogP contribution is -2.12. The minimum atomic E-state index is -0.0642. The van der Waals surface area contributed by atoms with Crippen molar-refractivity contribution in [1.29, 1.82) is 0 Å². The number of nitrogens with zero attached hydrogens (tertiary/aromatic N) is 2. The monoisotopic (exact) mass is 198 g/mol. The Morgan fingerprint density at radius 2 is 2.43 bits per heavy atom. The molecule has 78 valence electrons. The maximum absolute atomic E-state index is 11.2. The van der Waals surface area contributed by atoms with Gasteiger partial charge in [0.2, 0.25) is 11.9 Å². The summed E-state index contributed by atoms with van der Waals surface area (Å²) < 4.78 is 4.75. The minimum absolute atomic E-state index is 0.0642. The van der Waals surface area contributed by atoms with Gasteiger partial charge in [0.05, 0.1) is 7.11 Å². The number of unbranched alkanes of at least 4 members (excludes halogenated alkanes) is 1. The number of anilines is 1. The number of hydrogen-bond acceptors (Lipinski definition) is 4. The summed E-state index contributed by atoms with van der Waals surface area (Å²) >= 11 is 0. The maximum atomic E-state index is 11.2. The lowest BCUT2D eigenvalue weighted by atomic mass is 10.2. The number of hydrogen-bond donors (Lipinski definition) is 2. The van der Waals surface area contributed by atoms with Crippen molar-refractivity contribution >= 4 is 11.9 Å². The van der Waals surface area contributed by atoms with Crippen molar-refractivity contribution in [2.75, 3.05) is 12.4 Å². The molecule has 1 aromatic rings. The molecule has 1 aromatic heterocycles. The van der Waals surface area contributed by atoms with E-state index in [1.54, 1.807) is 0 Å². The van der Waals surface area contributed by atoms with E-state index < -0.39 is 0 Å². The molecule has 1 amide bonds. The van der Waals surface area contributed by atoms with Crippen LogP contribution in [0.25, 0.3) is 0 Å². The molecule has 0 aliphatic rings. The predicted octanol–water partition coefficient (Wildman–Crippen LogP) is 0.942. The van der Waals surface area contributed by atoms with Gasteiger partial charge in [0.1, 0.15) is 0 Å². The number of nitrogens with one attached hydrogen (secondary N) is 2. The fraction of sp³-hybridized carbons (Fsp3) is 0.625. The Bertz CT molecular complexity index is 297. The molecular formula is C8H14N4O2. The highest BCUT2D eigenvalue weighted by molar-refractivity contribution is 5.88. The van der Waals surface area contributed by atoms with Crippen LogP contribution in [0.3, 0.4) is 0 Å². The van der Waals surface area contributed by atoms with E-state index in [9.17, 15) is 4.79 Å². The van der Waals surface area contributed by atoms with Gasteiger partial charge in [-0.1, -0.05) is 13.3 Å². The third-order valence-electron chi connectivity index (χ3n) is 1.66. The molecule has 0 bridgehead atoms. The van der Waals surface area contributed by atoms with E-state index in [2.05, 4.69) is 20.5 Å². The first kappa shape index (κ1) is 10.5. The van der Waals surface area contributed by atoms with Crippen LogP contribution in [0.15, 0.2) is 0 Å². The second kappa shape index (κ2) is 5.21. The second-order valence-electron chi connectivity index (χ2n) is 2.82. The topological polar surface area (TPSA) is 79.9 Å². The highest BCUT2D eigenvalue weighted by Crippen LogP contribution is 2.05. The lowest BCUT2D eigenvalue weighted by molar-refractivity contribution is -0.116. The van der Waals surface area contributed by atoms with Crippen LogP contribution in [-0.4, -0.2) is 28.2 Å². The first-order valence-corrected chi connectivity index (χ1v) is 4.52.